The number of anilines is 1. The number of hydrogen-bond acceptors (Lipinski definition) is 7. The molecule has 7 heteroatoms. The summed E-state index contributed by atoms with van der Waals surface area (Å²) in [5.74, 6) is 3.09. The van der Waals surface area contributed by atoms with Crippen molar-refractivity contribution in [2.24, 2.45) is 0 Å². The zero-order valence-corrected chi connectivity index (χ0v) is 16.1. The number of pyridine rings is 1. The van der Waals surface area contributed by atoms with Gasteiger partial charge in [-0.15, -0.1) is 11.3 Å². The van der Waals surface area contributed by atoms with Crippen molar-refractivity contribution in [3.63, 3.8) is 0 Å². The first-order chi connectivity index (χ1) is 13.8. The van der Waals surface area contributed by atoms with E-state index >= 15 is 0 Å². The summed E-state index contributed by atoms with van der Waals surface area (Å²) >= 11 is 1.67. The summed E-state index contributed by atoms with van der Waals surface area (Å²) in [5, 5.41) is 4.51. The van der Waals surface area contributed by atoms with E-state index in [0.717, 1.165) is 38.7 Å². The van der Waals surface area contributed by atoms with Gasteiger partial charge in [0.15, 0.2) is 17.3 Å². The van der Waals surface area contributed by atoms with Crippen LogP contribution in [-0.4, -0.2) is 28.2 Å². The SMILES string of the molecule is Cc1cc2c(NCc3ccc4c(c3)OCCO4)nc(-c3cccnc3)nc2s1. The molecule has 0 fully saturated rings. The second-order valence-electron chi connectivity index (χ2n) is 6.54. The van der Waals surface area contributed by atoms with E-state index < -0.39 is 0 Å². The molecule has 0 saturated carbocycles. The fourth-order valence-electron chi connectivity index (χ4n) is 3.18. The number of hydrogen-bond donors (Lipinski definition) is 1. The Labute approximate surface area is 166 Å². The highest BCUT2D eigenvalue weighted by Crippen LogP contribution is 2.33. The Morgan fingerprint density at radius 2 is 1.96 bits per heavy atom. The molecule has 0 spiro atoms. The van der Waals surface area contributed by atoms with Gasteiger partial charge in [-0.2, -0.15) is 0 Å². The first-order valence-corrected chi connectivity index (χ1v) is 9.89. The van der Waals surface area contributed by atoms with Gasteiger partial charge in [0.05, 0.1) is 5.39 Å². The van der Waals surface area contributed by atoms with E-state index in [4.69, 9.17) is 19.4 Å². The molecule has 1 aliphatic rings. The lowest BCUT2D eigenvalue weighted by Gasteiger charge is -2.19. The van der Waals surface area contributed by atoms with Crippen molar-refractivity contribution in [2.45, 2.75) is 13.5 Å². The van der Waals surface area contributed by atoms with E-state index in [-0.39, 0.29) is 0 Å². The highest BCUT2D eigenvalue weighted by molar-refractivity contribution is 7.18. The van der Waals surface area contributed by atoms with Crippen molar-refractivity contribution in [3.05, 3.63) is 59.2 Å². The number of thiophene rings is 1. The average Bonchev–Trinajstić information content (AvgIpc) is 3.12. The molecule has 0 bridgehead atoms. The molecule has 140 valence electrons. The molecule has 4 aromatic rings. The lowest BCUT2D eigenvalue weighted by molar-refractivity contribution is 0.171. The molecule has 1 aliphatic heterocycles. The second kappa shape index (κ2) is 7.09. The van der Waals surface area contributed by atoms with Crippen molar-refractivity contribution in [1.29, 1.82) is 0 Å². The average molecular weight is 390 g/mol. The van der Waals surface area contributed by atoms with Crippen molar-refractivity contribution < 1.29 is 9.47 Å². The number of benzene rings is 1. The van der Waals surface area contributed by atoms with Crippen molar-refractivity contribution >= 4 is 27.4 Å². The van der Waals surface area contributed by atoms with Crippen molar-refractivity contribution in [1.82, 2.24) is 15.0 Å². The zero-order valence-electron chi connectivity index (χ0n) is 15.3. The number of rotatable bonds is 4. The topological polar surface area (TPSA) is 69.2 Å². The smallest absolute Gasteiger partial charge is 0.164 e. The Morgan fingerprint density at radius 3 is 2.82 bits per heavy atom. The van der Waals surface area contributed by atoms with Crippen LogP contribution >= 0.6 is 11.3 Å². The van der Waals surface area contributed by atoms with Gasteiger partial charge in [0, 0.05) is 29.4 Å². The first kappa shape index (κ1) is 16.9. The van der Waals surface area contributed by atoms with Crippen LogP contribution in [0.25, 0.3) is 21.6 Å². The lowest BCUT2D eigenvalue weighted by atomic mass is 10.2. The molecule has 3 aromatic heterocycles. The largest absolute Gasteiger partial charge is 0.486 e. The normalized spacial score (nSPS) is 12.9. The Bertz CT molecular complexity index is 1140. The zero-order chi connectivity index (χ0) is 18.9. The van der Waals surface area contributed by atoms with Crippen LogP contribution in [0.1, 0.15) is 10.4 Å². The van der Waals surface area contributed by atoms with Gasteiger partial charge in [-0.1, -0.05) is 6.07 Å². The molecule has 1 N–H and O–H groups in total. The monoisotopic (exact) mass is 390 g/mol. The Kier molecular flexibility index (Phi) is 4.29. The van der Waals surface area contributed by atoms with E-state index in [0.29, 0.717) is 25.6 Å². The molecule has 1 aromatic carbocycles. The highest BCUT2D eigenvalue weighted by Gasteiger charge is 2.14. The van der Waals surface area contributed by atoms with Gasteiger partial charge < -0.3 is 14.8 Å². The fourth-order valence-corrected chi connectivity index (χ4v) is 4.06. The minimum absolute atomic E-state index is 0.582. The van der Waals surface area contributed by atoms with Crippen LogP contribution in [0.5, 0.6) is 11.5 Å². The maximum atomic E-state index is 5.68. The third kappa shape index (κ3) is 3.25. The number of aryl methyl sites for hydroxylation is 1. The summed E-state index contributed by atoms with van der Waals surface area (Å²) in [6, 6.07) is 12.0. The fraction of sp³-hybridized carbons (Fsp3) is 0.190. The standard InChI is InChI=1S/C21H18N4O2S/c1-13-9-16-20(23-11-14-4-5-17-18(10-14)27-8-7-26-17)24-19(25-21(16)28-13)15-3-2-6-22-12-15/h2-6,9-10,12H,7-8,11H2,1H3,(H,23,24,25). The van der Waals surface area contributed by atoms with Crippen LogP contribution in [0, 0.1) is 6.92 Å². The molecular formula is C21H18N4O2S. The minimum atomic E-state index is 0.582. The van der Waals surface area contributed by atoms with Gasteiger partial charge in [0.2, 0.25) is 0 Å². The highest BCUT2D eigenvalue weighted by atomic mass is 32.1. The number of fused-ring (bicyclic) bond motifs is 2. The molecule has 0 atom stereocenters. The molecule has 0 radical (unpaired) electrons. The summed E-state index contributed by atoms with van der Waals surface area (Å²) in [5.41, 5.74) is 2.00. The lowest BCUT2D eigenvalue weighted by Crippen LogP contribution is -2.15. The van der Waals surface area contributed by atoms with Gasteiger partial charge in [-0.05, 0) is 42.8 Å². The van der Waals surface area contributed by atoms with Gasteiger partial charge in [0.1, 0.15) is 23.9 Å². The quantitative estimate of drug-likeness (QED) is 0.555. The predicted octanol–water partition coefficient (Wildman–Crippen LogP) is 4.45. The van der Waals surface area contributed by atoms with E-state index in [1.807, 2.05) is 30.3 Å². The van der Waals surface area contributed by atoms with Crippen LogP contribution in [0.2, 0.25) is 0 Å². The summed E-state index contributed by atoms with van der Waals surface area (Å²) in [6.07, 6.45) is 3.53. The second-order valence-corrected chi connectivity index (χ2v) is 7.78. The van der Waals surface area contributed by atoms with Gasteiger partial charge >= 0.3 is 0 Å². The molecule has 4 heterocycles. The first-order valence-electron chi connectivity index (χ1n) is 9.07. The van der Waals surface area contributed by atoms with E-state index in [1.165, 1.54) is 4.88 Å². The van der Waals surface area contributed by atoms with Crippen molar-refractivity contribution in [2.75, 3.05) is 18.5 Å². The minimum Gasteiger partial charge on any atom is -0.486 e. The van der Waals surface area contributed by atoms with E-state index in [1.54, 1.807) is 23.7 Å². The van der Waals surface area contributed by atoms with E-state index in [9.17, 15) is 0 Å². The third-order valence-electron chi connectivity index (χ3n) is 4.50. The Hall–Kier alpha value is -3.19. The van der Waals surface area contributed by atoms with Crippen LogP contribution in [0.4, 0.5) is 5.82 Å². The van der Waals surface area contributed by atoms with Crippen LogP contribution in [0.15, 0.2) is 48.8 Å². The van der Waals surface area contributed by atoms with Crippen molar-refractivity contribution in [3.8, 4) is 22.9 Å². The number of ether oxygens (including phenoxy) is 2. The summed E-state index contributed by atoms with van der Waals surface area (Å²) in [6.45, 7) is 3.89. The van der Waals surface area contributed by atoms with Gasteiger partial charge in [0.25, 0.3) is 0 Å². The summed E-state index contributed by atoms with van der Waals surface area (Å²) in [4.78, 5) is 15.9. The third-order valence-corrected chi connectivity index (χ3v) is 5.45. The molecule has 0 aliphatic carbocycles. The van der Waals surface area contributed by atoms with Gasteiger partial charge in [-0.25, -0.2) is 9.97 Å². The Morgan fingerprint density at radius 1 is 1.07 bits per heavy atom. The van der Waals surface area contributed by atoms with Crippen LogP contribution in [-0.2, 0) is 6.54 Å². The maximum absolute atomic E-state index is 5.68. The molecule has 28 heavy (non-hydrogen) atoms. The predicted molar refractivity (Wildman–Crippen MR) is 110 cm³/mol. The van der Waals surface area contributed by atoms with E-state index in [2.05, 4.69) is 23.3 Å². The summed E-state index contributed by atoms with van der Waals surface area (Å²) in [7, 11) is 0. The van der Waals surface area contributed by atoms with Gasteiger partial charge in [-0.3, -0.25) is 4.98 Å². The number of aromatic nitrogens is 3. The maximum Gasteiger partial charge on any atom is 0.164 e. The summed E-state index contributed by atoms with van der Waals surface area (Å²) < 4.78 is 11.3. The number of nitrogens with one attached hydrogen (secondary N) is 1. The molecule has 0 amide bonds. The number of nitrogens with zero attached hydrogens (tertiary/aromatic N) is 3. The molecular weight excluding hydrogens is 372 g/mol. The van der Waals surface area contributed by atoms with Crippen LogP contribution < -0.4 is 14.8 Å². The van der Waals surface area contributed by atoms with Crippen LogP contribution in [0.3, 0.4) is 0 Å². The molecule has 6 nitrogen and oxygen atoms in total. The Balaban J connectivity index is 1.48. The molecule has 0 unspecified atom stereocenters. The molecule has 0 saturated heterocycles. The molecule has 5 rings (SSSR count).